The Balaban J connectivity index is 0.000000202. The Labute approximate surface area is 530 Å². The maximum absolute atomic E-state index is 14.3. The lowest BCUT2D eigenvalue weighted by molar-refractivity contribution is -0.204. The highest BCUT2D eigenvalue weighted by atomic mass is 31.2. The number of carbonyl (C=O) groups is 3. The second kappa shape index (κ2) is 28.8. The van der Waals surface area contributed by atoms with Gasteiger partial charge in [0.25, 0.3) is 0 Å². The molecule has 0 bridgehead atoms. The Kier molecular flexibility index (Phi) is 21.1. The molecule has 5 fully saturated rings. The molecule has 5 aliphatic rings. The van der Waals surface area contributed by atoms with Crippen LogP contribution < -0.4 is 30.3 Å². The first-order valence-corrected chi connectivity index (χ1v) is 33.7. The van der Waals surface area contributed by atoms with Crippen LogP contribution in [0.3, 0.4) is 0 Å². The third kappa shape index (κ3) is 15.3. The maximum Gasteiger partial charge on any atom is 0.459 e. The largest absolute Gasteiger partial charge is 0.461 e. The van der Waals surface area contributed by atoms with E-state index in [0.717, 1.165) is 64.2 Å². The third-order valence-corrected chi connectivity index (χ3v) is 19.5. The minimum absolute atomic E-state index is 0.147. The highest BCUT2D eigenvalue weighted by Crippen LogP contribution is 2.54. The number of para-hydroxylation sites is 2. The molecule has 92 heavy (non-hydrogen) atoms. The van der Waals surface area contributed by atoms with Gasteiger partial charge in [0, 0.05) is 6.42 Å². The number of aromatic nitrogens is 6. The van der Waals surface area contributed by atoms with Crippen LogP contribution in [0.25, 0.3) is 11.0 Å². The van der Waals surface area contributed by atoms with Gasteiger partial charge in [0.1, 0.15) is 121 Å². The van der Waals surface area contributed by atoms with Crippen LogP contribution in [0.1, 0.15) is 135 Å². The van der Waals surface area contributed by atoms with Gasteiger partial charge in [-0.1, -0.05) is 56.2 Å². The lowest BCUT2D eigenvalue weighted by atomic mass is 9.96. The molecule has 7 heterocycles. The van der Waals surface area contributed by atoms with Crippen LogP contribution >= 0.6 is 15.5 Å². The number of hydrogen-bond donors (Lipinski definition) is 6. The number of benzene rings is 2. The first kappa shape index (κ1) is 67.4. The monoisotopic (exact) mass is 1310 g/mol. The maximum atomic E-state index is 14.3. The van der Waals surface area contributed by atoms with Gasteiger partial charge in [-0.3, -0.25) is 23.4 Å². The zero-order chi connectivity index (χ0) is 65.4. The van der Waals surface area contributed by atoms with Gasteiger partial charge in [-0.05, 0) is 134 Å². The fraction of sp³-hybridized carbons (Fsp3) is 0.525. The summed E-state index contributed by atoms with van der Waals surface area (Å²) in [6.45, 7) is 6.93. The van der Waals surface area contributed by atoms with Crippen LogP contribution in [-0.4, -0.2) is 136 Å². The minimum atomic E-state index is -4.44. The molecule has 2 aromatic carbocycles. The van der Waals surface area contributed by atoms with Gasteiger partial charge in [-0.25, -0.2) is 28.1 Å². The summed E-state index contributed by atoms with van der Waals surface area (Å²) in [5.74, 6) is -1.66. The Morgan fingerprint density at radius 1 is 0.685 bits per heavy atom. The highest BCUT2D eigenvalue weighted by molar-refractivity contribution is 7.52. The standard InChI is InChI=1S/C31H39N6O9P.C30H37N6O8P/c1-3-10-25(38)35-29-24-16-15-23(37(24)34-19-33-29)27-26(39)28(40)31(17-32,45-27)18-43-47(42,46-22-13-8-5-9-14-22)36-20(2)30(41)44-21-11-6-4-7-12-21;1-19(28(37)40-20-10-6-4-7-11-20)35-45(38,44-21-12-8-5-9-13-21)39-17-30(16-31)26-25(41-29(2,3)43-26)24(42-30)22-14-15-23-27(32)33-18-34-36(22)23/h5,8-9,13-16,19-21,26-28,39-40H,3-4,6-7,10-12,18H2,1-2H3,(H,36,42)(H,33,34,35,38);5,8-9,12-15,18-20,24-26H,4,6-7,10-11,17H2,1-3H3,(H,35,38)(H2,32,33,34)/t20-,26-,27-,28-,31+,47-;19-,24-,25-,26-,30+,45-/m00/s1. The molecular weight excluding hydrogens is 1230 g/mol. The molecule has 29 nitrogen and oxygen atoms in total. The molecule has 0 unspecified atom stereocenters. The quantitative estimate of drug-likeness (QED) is 0.0263. The number of ether oxygens (including phenoxy) is 6. The fourth-order valence-corrected chi connectivity index (χ4v) is 14.7. The normalized spacial score (nSPS) is 26.6. The van der Waals surface area contributed by atoms with Crippen LogP contribution in [0.5, 0.6) is 11.5 Å². The molecule has 0 radical (unpaired) electrons. The van der Waals surface area contributed by atoms with Gasteiger partial charge >= 0.3 is 27.4 Å². The number of nitrogens with two attached hydrogens (primary N) is 1. The molecule has 2 saturated carbocycles. The van der Waals surface area contributed by atoms with E-state index in [1.807, 2.05) is 13.0 Å². The summed E-state index contributed by atoms with van der Waals surface area (Å²) in [4.78, 5) is 46.3. The Hall–Kier alpha value is -7.47. The zero-order valence-electron chi connectivity index (χ0n) is 51.5. The molecule has 11 rings (SSSR count). The first-order chi connectivity index (χ1) is 44.1. The van der Waals surface area contributed by atoms with E-state index in [0.29, 0.717) is 23.1 Å². The van der Waals surface area contributed by atoms with Crippen LogP contribution in [0, 0.1) is 22.7 Å². The van der Waals surface area contributed by atoms with Crippen LogP contribution in [0.15, 0.2) is 97.6 Å². The number of esters is 2. The lowest BCUT2D eigenvalue weighted by Crippen LogP contribution is -2.46. The lowest BCUT2D eigenvalue weighted by Gasteiger charge is -2.31. The van der Waals surface area contributed by atoms with Gasteiger partial charge in [-0.15, -0.1) is 0 Å². The van der Waals surface area contributed by atoms with Crippen molar-refractivity contribution in [1.29, 1.82) is 10.5 Å². The SMILES string of the molecule is CCCC(=O)Nc1ncnn2c([C@@H]3O[C@](C#N)(CO[P@@](=O)(N[C@@H](C)C(=O)OC4CCCCC4)Oc4ccccc4)[C@@H](O)[C@H]3O)ccc12.C[C@H](N[P@](=O)(OC[C@@]1(C#N)O[C@@H](c2ccc3c(N)ncnn23)[C@@H]2OC(C)(C)O[C@@H]21)Oc1ccccc1)C(=O)OC1CCCCC1. The Morgan fingerprint density at radius 2 is 1.17 bits per heavy atom. The summed E-state index contributed by atoms with van der Waals surface area (Å²) in [6.07, 6.45) is 4.82. The Morgan fingerprint density at radius 3 is 1.71 bits per heavy atom. The summed E-state index contributed by atoms with van der Waals surface area (Å²) in [6, 6.07) is 25.0. The summed E-state index contributed by atoms with van der Waals surface area (Å²) >= 11 is 0. The van der Waals surface area contributed by atoms with Gasteiger partial charge < -0.3 is 58.7 Å². The van der Waals surface area contributed by atoms with Gasteiger partial charge in [0.2, 0.25) is 17.1 Å². The van der Waals surface area contributed by atoms with E-state index in [1.165, 1.54) is 43.2 Å². The van der Waals surface area contributed by atoms with Crippen molar-refractivity contribution in [2.24, 2.45) is 0 Å². The predicted molar refractivity (Wildman–Crippen MR) is 326 cm³/mol. The van der Waals surface area contributed by atoms with Crippen LogP contribution in [0.4, 0.5) is 11.6 Å². The molecule has 3 saturated heterocycles. The summed E-state index contributed by atoms with van der Waals surface area (Å²) in [5, 5.41) is 59.6. The predicted octanol–water partition coefficient (Wildman–Crippen LogP) is 7.80. The molecule has 7 N–H and O–H groups in total. The van der Waals surface area contributed by atoms with Crippen molar-refractivity contribution in [1.82, 2.24) is 39.4 Å². The molecule has 6 aromatic rings. The number of nitrogens with zero attached hydrogens (tertiary/aromatic N) is 8. The number of rotatable bonds is 23. The van der Waals surface area contributed by atoms with Crippen molar-refractivity contribution in [2.75, 3.05) is 24.3 Å². The zero-order valence-corrected chi connectivity index (χ0v) is 53.3. The van der Waals surface area contributed by atoms with Crippen molar-refractivity contribution in [3.8, 4) is 23.6 Å². The summed E-state index contributed by atoms with van der Waals surface area (Å²) < 4.78 is 90.6. The van der Waals surface area contributed by atoms with E-state index < -0.39 is 106 Å². The molecule has 2 aliphatic carbocycles. The molecule has 12 atom stereocenters. The number of carbonyl (C=O) groups excluding carboxylic acids is 3. The first-order valence-electron chi connectivity index (χ1n) is 30.6. The molecule has 4 aromatic heterocycles. The van der Waals surface area contributed by atoms with Crippen molar-refractivity contribution >= 4 is 56.0 Å². The Bertz CT molecular complexity index is 3750. The third-order valence-electron chi connectivity index (χ3n) is 16.3. The summed E-state index contributed by atoms with van der Waals surface area (Å²) in [5.41, 5.74) is 3.77. The second-order valence-electron chi connectivity index (χ2n) is 23.6. The van der Waals surface area contributed by atoms with E-state index in [2.05, 4.69) is 41.7 Å². The number of aliphatic hydroxyl groups excluding tert-OH is 2. The molecule has 31 heteroatoms. The van der Waals surface area contributed by atoms with Crippen molar-refractivity contribution in [2.45, 2.75) is 190 Å². The number of aliphatic hydroxyl groups is 2. The molecule has 492 valence electrons. The molecule has 1 amide bonds. The number of amides is 1. The number of nitriles is 2. The van der Waals surface area contributed by atoms with Gasteiger partial charge in [-0.2, -0.15) is 30.9 Å². The number of fused-ring (bicyclic) bond motifs is 3. The van der Waals surface area contributed by atoms with Crippen molar-refractivity contribution < 1.29 is 80.2 Å². The molecule has 0 spiro atoms. The average molecular weight is 1310 g/mol. The number of nitrogens with one attached hydrogen (secondary N) is 3. The molecular formula is C61H76N12O17P2. The van der Waals surface area contributed by atoms with Gasteiger partial charge in [0.15, 0.2) is 17.4 Å². The fourth-order valence-electron chi connectivity index (χ4n) is 11.6. The van der Waals surface area contributed by atoms with Crippen LogP contribution in [0.2, 0.25) is 0 Å². The average Bonchev–Trinajstić information content (AvgIpc) is 1.62. The van der Waals surface area contributed by atoms with E-state index in [4.69, 9.17) is 52.2 Å². The molecule has 3 aliphatic heterocycles. The highest BCUT2D eigenvalue weighted by Gasteiger charge is 2.65. The van der Waals surface area contributed by atoms with E-state index >= 15 is 0 Å². The number of anilines is 2. The van der Waals surface area contributed by atoms with Crippen molar-refractivity contribution in [3.05, 3.63) is 109 Å². The number of hydrogen-bond acceptors (Lipinski definition) is 24. The van der Waals surface area contributed by atoms with Crippen LogP contribution in [-0.2, 0) is 61.0 Å². The topological polar surface area (TPSA) is 388 Å². The number of nitrogen functional groups attached to an aromatic ring is 1. The van der Waals surface area contributed by atoms with Gasteiger partial charge in [0.05, 0.1) is 11.4 Å². The van der Waals surface area contributed by atoms with E-state index in [1.54, 1.807) is 91.2 Å². The van der Waals surface area contributed by atoms with E-state index in [-0.39, 0.29) is 53.4 Å². The second-order valence-corrected chi connectivity index (χ2v) is 27.0. The smallest absolute Gasteiger partial charge is 0.459 e. The summed E-state index contributed by atoms with van der Waals surface area (Å²) in [7, 11) is -8.77. The van der Waals surface area contributed by atoms with E-state index in [9.17, 15) is 44.3 Å². The van der Waals surface area contributed by atoms with Crippen molar-refractivity contribution in [3.63, 3.8) is 0 Å². The minimum Gasteiger partial charge on any atom is -0.461 e.